The van der Waals surface area contributed by atoms with E-state index in [1.807, 2.05) is 18.7 Å². The van der Waals surface area contributed by atoms with Gasteiger partial charge in [-0.2, -0.15) is 0 Å². The number of hydrogen-bond donors (Lipinski definition) is 0. The zero-order chi connectivity index (χ0) is 17.3. The molecule has 0 aliphatic carbocycles. The molecule has 2 aliphatic rings. The average molecular weight is 324 g/mol. The van der Waals surface area contributed by atoms with Crippen LogP contribution in [0.15, 0.2) is 0 Å². The number of nitrogens with zero attached hydrogens (tertiary/aromatic N) is 4. The molecule has 2 fully saturated rings. The second-order valence-electron chi connectivity index (χ2n) is 7.37. The first kappa shape index (κ1) is 17.7. The lowest BCUT2D eigenvalue weighted by Crippen LogP contribution is -2.74. The molecule has 0 radical (unpaired) electrons. The van der Waals surface area contributed by atoms with E-state index in [2.05, 4.69) is 13.8 Å². The first-order valence-corrected chi connectivity index (χ1v) is 8.30. The molecule has 2 saturated heterocycles. The van der Waals surface area contributed by atoms with Crippen molar-refractivity contribution >= 4 is 18.2 Å². The molecule has 2 heterocycles. The molecular weight excluding hydrogens is 296 g/mol. The highest BCUT2D eigenvalue weighted by Crippen LogP contribution is 2.28. The number of likely N-dealkylation sites (N-methyl/N-ethyl adjacent to an activating group) is 1. The van der Waals surface area contributed by atoms with Crippen molar-refractivity contribution in [3.05, 3.63) is 0 Å². The van der Waals surface area contributed by atoms with Crippen LogP contribution in [0.2, 0.25) is 0 Å². The summed E-state index contributed by atoms with van der Waals surface area (Å²) in [5, 5.41) is 3.17. The van der Waals surface area contributed by atoms with Crippen LogP contribution in [0.1, 0.15) is 34.1 Å². The largest absolute Gasteiger partial charge is 0.337 e. The Bertz CT molecular complexity index is 480. The van der Waals surface area contributed by atoms with Crippen molar-refractivity contribution in [2.45, 2.75) is 46.3 Å². The third-order valence-electron chi connectivity index (χ3n) is 4.38. The predicted octanol–water partition coefficient (Wildman–Crippen LogP) is 0.373. The highest BCUT2D eigenvalue weighted by molar-refractivity contribution is 5.90. The van der Waals surface area contributed by atoms with Gasteiger partial charge in [-0.05, 0) is 18.3 Å². The summed E-state index contributed by atoms with van der Waals surface area (Å²) in [6, 6.07) is -0.476. The lowest BCUT2D eigenvalue weighted by Gasteiger charge is -2.54. The van der Waals surface area contributed by atoms with Crippen LogP contribution in [-0.4, -0.2) is 76.9 Å². The van der Waals surface area contributed by atoms with Crippen LogP contribution >= 0.6 is 0 Å². The van der Waals surface area contributed by atoms with E-state index in [9.17, 15) is 14.4 Å². The molecule has 2 atom stereocenters. The minimum atomic E-state index is -0.476. The van der Waals surface area contributed by atoms with Crippen LogP contribution in [0.3, 0.4) is 0 Å². The van der Waals surface area contributed by atoms with E-state index in [0.29, 0.717) is 31.3 Å². The zero-order valence-electron chi connectivity index (χ0n) is 14.7. The fourth-order valence-electron chi connectivity index (χ4n) is 3.47. The van der Waals surface area contributed by atoms with E-state index < -0.39 is 12.2 Å². The van der Waals surface area contributed by atoms with Gasteiger partial charge in [0.25, 0.3) is 0 Å². The summed E-state index contributed by atoms with van der Waals surface area (Å²) in [6.07, 6.45) is 0.963. The highest BCUT2D eigenvalue weighted by Gasteiger charge is 2.48. The van der Waals surface area contributed by atoms with Gasteiger partial charge in [0, 0.05) is 13.6 Å². The van der Waals surface area contributed by atoms with Crippen molar-refractivity contribution in [2.75, 3.05) is 26.7 Å². The van der Waals surface area contributed by atoms with E-state index in [1.165, 1.54) is 5.01 Å². The Morgan fingerprint density at radius 1 is 1.17 bits per heavy atom. The first-order chi connectivity index (χ1) is 10.8. The standard InChI is InChI=1S/C16H28N4O3/c1-11(2)6-13-16(23)18(7-12(3)4)8-14-19(10-21)17(5)9-15(22)20(13)14/h10-14H,6-9H2,1-5H3/t13-,14?/m0/s1. The molecule has 1 unspecified atom stereocenters. The van der Waals surface area contributed by atoms with Crippen molar-refractivity contribution in [1.82, 2.24) is 19.8 Å². The summed E-state index contributed by atoms with van der Waals surface area (Å²) in [6.45, 7) is 9.35. The van der Waals surface area contributed by atoms with Gasteiger partial charge in [-0.1, -0.05) is 27.7 Å². The molecule has 2 rings (SSSR count). The average Bonchev–Trinajstić information content (AvgIpc) is 2.42. The maximum absolute atomic E-state index is 12.9. The van der Waals surface area contributed by atoms with Gasteiger partial charge in [0.1, 0.15) is 12.2 Å². The van der Waals surface area contributed by atoms with Crippen molar-refractivity contribution in [1.29, 1.82) is 0 Å². The molecule has 130 valence electrons. The summed E-state index contributed by atoms with van der Waals surface area (Å²) in [7, 11) is 1.73. The number of carbonyl (C=O) groups excluding carboxylic acids is 3. The van der Waals surface area contributed by atoms with Gasteiger partial charge in [0.05, 0.1) is 13.1 Å². The molecule has 0 aromatic heterocycles. The predicted molar refractivity (Wildman–Crippen MR) is 85.8 cm³/mol. The van der Waals surface area contributed by atoms with Crippen LogP contribution in [0.4, 0.5) is 0 Å². The molecule has 2 aliphatic heterocycles. The monoisotopic (exact) mass is 324 g/mol. The molecule has 0 aromatic carbocycles. The Hall–Kier alpha value is -1.63. The molecule has 7 heteroatoms. The van der Waals surface area contributed by atoms with Crippen molar-refractivity contribution < 1.29 is 14.4 Å². The molecule has 23 heavy (non-hydrogen) atoms. The molecule has 0 spiro atoms. The molecular formula is C16H28N4O3. The van der Waals surface area contributed by atoms with E-state index >= 15 is 0 Å². The fourth-order valence-corrected chi connectivity index (χ4v) is 3.47. The maximum Gasteiger partial charge on any atom is 0.245 e. The van der Waals surface area contributed by atoms with Gasteiger partial charge in [-0.25, -0.2) is 5.01 Å². The molecule has 0 bridgehead atoms. The normalized spacial score (nSPS) is 26.3. The number of hydrazine groups is 1. The Labute approximate surface area is 138 Å². The molecule has 3 amide bonds. The summed E-state index contributed by atoms with van der Waals surface area (Å²) in [5.74, 6) is 0.554. The summed E-state index contributed by atoms with van der Waals surface area (Å²) in [5.41, 5.74) is 0. The number of piperazine rings is 1. The Morgan fingerprint density at radius 3 is 2.35 bits per heavy atom. The van der Waals surface area contributed by atoms with E-state index in [-0.39, 0.29) is 18.4 Å². The Balaban J connectivity index is 2.36. The van der Waals surface area contributed by atoms with E-state index in [1.54, 1.807) is 17.0 Å². The van der Waals surface area contributed by atoms with E-state index in [4.69, 9.17) is 0 Å². The Morgan fingerprint density at radius 2 is 1.83 bits per heavy atom. The number of fused-ring (bicyclic) bond motifs is 1. The van der Waals surface area contributed by atoms with Crippen molar-refractivity contribution in [2.24, 2.45) is 11.8 Å². The third-order valence-corrected chi connectivity index (χ3v) is 4.38. The van der Waals surface area contributed by atoms with Gasteiger partial charge in [0.15, 0.2) is 0 Å². The smallest absolute Gasteiger partial charge is 0.245 e. The van der Waals surface area contributed by atoms with Crippen LogP contribution < -0.4 is 0 Å². The zero-order valence-corrected chi connectivity index (χ0v) is 14.7. The minimum Gasteiger partial charge on any atom is -0.337 e. The van der Waals surface area contributed by atoms with Crippen LogP contribution in [0.25, 0.3) is 0 Å². The van der Waals surface area contributed by atoms with Gasteiger partial charge >= 0.3 is 0 Å². The molecule has 0 N–H and O–H groups in total. The highest BCUT2D eigenvalue weighted by atomic mass is 16.2. The third kappa shape index (κ3) is 3.49. The van der Waals surface area contributed by atoms with Crippen molar-refractivity contribution in [3.63, 3.8) is 0 Å². The fraction of sp³-hybridized carbons (Fsp3) is 0.812. The van der Waals surface area contributed by atoms with Crippen LogP contribution in [0, 0.1) is 11.8 Å². The quantitative estimate of drug-likeness (QED) is 0.686. The topological polar surface area (TPSA) is 64.2 Å². The van der Waals surface area contributed by atoms with Gasteiger partial charge in [-0.3, -0.25) is 19.4 Å². The summed E-state index contributed by atoms with van der Waals surface area (Å²) < 4.78 is 0. The lowest BCUT2D eigenvalue weighted by molar-refractivity contribution is -0.197. The summed E-state index contributed by atoms with van der Waals surface area (Å²) in [4.78, 5) is 40.4. The molecule has 0 saturated carbocycles. The van der Waals surface area contributed by atoms with Crippen LogP contribution in [-0.2, 0) is 14.4 Å². The van der Waals surface area contributed by atoms with Gasteiger partial charge in [0.2, 0.25) is 18.2 Å². The first-order valence-electron chi connectivity index (χ1n) is 8.30. The summed E-state index contributed by atoms with van der Waals surface area (Å²) >= 11 is 0. The number of amides is 3. The number of hydrogen-bond acceptors (Lipinski definition) is 4. The maximum atomic E-state index is 12.9. The lowest BCUT2D eigenvalue weighted by atomic mass is 9.96. The minimum absolute atomic E-state index is 0.00685. The second-order valence-corrected chi connectivity index (χ2v) is 7.37. The number of carbonyl (C=O) groups is 3. The van der Waals surface area contributed by atoms with Gasteiger partial charge in [-0.15, -0.1) is 0 Å². The SMILES string of the molecule is CC(C)C[C@H]1C(=O)N(CC(C)C)CC2N1C(=O)CN(C)N2C=O. The van der Waals surface area contributed by atoms with Gasteiger partial charge < -0.3 is 9.80 Å². The Kier molecular flexibility index (Phi) is 5.29. The molecule has 7 nitrogen and oxygen atoms in total. The van der Waals surface area contributed by atoms with E-state index in [0.717, 1.165) is 6.41 Å². The van der Waals surface area contributed by atoms with Crippen LogP contribution in [0.5, 0.6) is 0 Å². The second kappa shape index (κ2) is 6.86. The number of rotatable bonds is 5. The van der Waals surface area contributed by atoms with Crippen molar-refractivity contribution in [3.8, 4) is 0 Å². The molecule has 0 aromatic rings.